The van der Waals surface area contributed by atoms with Crippen molar-refractivity contribution in [2.24, 2.45) is 0 Å². The van der Waals surface area contributed by atoms with Crippen LogP contribution >= 0.6 is 27.5 Å². The predicted octanol–water partition coefficient (Wildman–Crippen LogP) is 3.33. The van der Waals surface area contributed by atoms with E-state index in [0.29, 0.717) is 16.9 Å². The number of nitrogens with one attached hydrogen (secondary N) is 1. The molecule has 0 aliphatic rings. The number of hydrogen-bond acceptors (Lipinski definition) is 3. The molecule has 0 atom stereocenters. The largest absolute Gasteiger partial charge is 0.398 e. The van der Waals surface area contributed by atoms with Crippen molar-refractivity contribution in [1.82, 2.24) is 4.98 Å². The van der Waals surface area contributed by atoms with Gasteiger partial charge in [0.05, 0.1) is 11.3 Å². The number of amides is 1. The number of anilines is 2. The minimum Gasteiger partial charge on any atom is -0.398 e. The molecule has 1 heterocycles. The molecule has 2 aromatic rings. The lowest BCUT2D eigenvalue weighted by Crippen LogP contribution is -2.14. The van der Waals surface area contributed by atoms with E-state index in [2.05, 4.69) is 26.2 Å². The second-order valence-corrected chi connectivity index (χ2v) is 4.81. The van der Waals surface area contributed by atoms with E-state index in [4.69, 9.17) is 17.3 Å². The summed E-state index contributed by atoms with van der Waals surface area (Å²) < 4.78 is 0.725. The number of aromatic nitrogens is 1. The number of carbonyl (C=O) groups is 1. The standard InChI is InChI=1S/C12H9BrClN3O/c13-7-5-10(11(14)16-6-7)17-12(18)8-3-1-2-4-9(8)15/h1-6H,15H2,(H,17,18). The molecule has 0 aliphatic carbocycles. The maximum Gasteiger partial charge on any atom is 0.257 e. The van der Waals surface area contributed by atoms with Crippen LogP contribution in [0.25, 0.3) is 0 Å². The van der Waals surface area contributed by atoms with Crippen LogP contribution in [0.15, 0.2) is 41.0 Å². The Morgan fingerprint density at radius 1 is 1.39 bits per heavy atom. The highest BCUT2D eigenvalue weighted by Gasteiger charge is 2.11. The lowest BCUT2D eigenvalue weighted by molar-refractivity contribution is 0.102. The van der Waals surface area contributed by atoms with Crippen molar-refractivity contribution in [3.05, 3.63) is 51.7 Å². The summed E-state index contributed by atoms with van der Waals surface area (Å²) in [5, 5.41) is 2.89. The van der Waals surface area contributed by atoms with E-state index in [-0.39, 0.29) is 11.1 Å². The number of nitrogen functional groups attached to an aromatic ring is 1. The van der Waals surface area contributed by atoms with Crippen LogP contribution < -0.4 is 11.1 Å². The zero-order chi connectivity index (χ0) is 13.1. The molecule has 0 saturated heterocycles. The number of para-hydroxylation sites is 1. The van der Waals surface area contributed by atoms with Gasteiger partial charge in [-0.2, -0.15) is 0 Å². The molecule has 1 aromatic carbocycles. The Kier molecular flexibility index (Phi) is 3.84. The van der Waals surface area contributed by atoms with E-state index >= 15 is 0 Å². The fourth-order valence-corrected chi connectivity index (χ4v) is 1.89. The zero-order valence-electron chi connectivity index (χ0n) is 9.15. The molecule has 0 radical (unpaired) electrons. The average molecular weight is 327 g/mol. The van der Waals surface area contributed by atoms with Crippen LogP contribution in [-0.4, -0.2) is 10.9 Å². The Bertz CT molecular complexity index is 604. The lowest BCUT2D eigenvalue weighted by atomic mass is 10.1. The highest BCUT2D eigenvalue weighted by molar-refractivity contribution is 9.10. The third-order valence-electron chi connectivity index (χ3n) is 2.26. The van der Waals surface area contributed by atoms with Crippen molar-refractivity contribution < 1.29 is 4.79 Å². The first-order chi connectivity index (χ1) is 8.58. The van der Waals surface area contributed by atoms with E-state index < -0.39 is 0 Å². The SMILES string of the molecule is Nc1ccccc1C(=O)Nc1cc(Br)cnc1Cl. The van der Waals surface area contributed by atoms with E-state index in [1.54, 1.807) is 36.5 Å². The summed E-state index contributed by atoms with van der Waals surface area (Å²) >= 11 is 9.15. The maximum absolute atomic E-state index is 12.0. The first kappa shape index (κ1) is 12.9. The van der Waals surface area contributed by atoms with E-state index in [0.717, 1.165) is 4.47 Å². The Morgan fingerprint density at radius 2 is 2.11 bits per heavy atom. The Morgan fingerprint density at radius 3 is 2.83 bits per heavy atom. The second-order valence-electron chi connectivity index (χ2n) is 3.53. The molecular formula is C12H9BrClN3O. The fraction of sp³-hybridized carbons (Fsp3) is 0. The van der Waals surface area contributed by atoms with Crippen molar-refractivity contribution in [3.8, 4) is 0 Å². The van der Waals surface area contributed by atoms with Gasteiger partial charge in [-0.05, 0) is 34.1 Å². The monoisotopic (exact) mass is 325 g/mol. The fourth-order valence-electron chi connectivity index (χ4n) is 1.40. The normalized spacial score (nSPS) is 10.1. The van der Waals surface area contributed by atoms with Gasteiger partial charge in [0, 0.05) is 16.4 Å². The van der Waals surface area contributed by atoms with Gasteiger partial charge in [-0.25, -0.2) is 4.98 Å². The van der Waals surface area contributed by atoms with Crippen LogP contribution in [0.2, 0.25) is 5.15 Å². The number of nitrogens with two attached hydrogens (primary N) is 1. The average Bonchev–Trinajstić information content (AvgIpc) is 2.34. The molecule has 0 bridgehead atoms. The molecule has 0 fully saturated rings. The molecule has 18 heavy (non-hydrogen) atoms. The number of benzene rings is 1. The summed E-state index contributed by atoms with van der Waals surface area (Å²) in [6.45, 7) is 0. The van der Waals surface area contributed by atoms with Gasteiger partial charge in [-0.15, -0.1) is 0 Å². The van der Waals surface area contributed by atoms with Crippen LogP contribution in [0.1, 0.15) is 10.4 Å². The highest BCUT2D eigenvalue weighted by atomic mass is 79.9. The second kappa shape index (κ2) is 5.37. The number of carbonyl (C=O) groups excluding carboxylic acids is 1. The van der Waals surface area contributed by atoms with Gasteiger partial charge in [-0.3, -0.25) is 4.79 Å². The smallest absolute Gasteiger partial charge is 0.257 e. The lowest BCUT2D eigenvalue weighted by Gasteiger charge is -2.08. The summed E-state index contributed by atoms with van der Waals surface area (Å²) in [6.07, 6.45) is 1.55. The third-order valence-corrected chi connectivity index (χ3v) is 2.99. The summed E-state index contributed by atoms with van der Waals surface area (Å²) in [5.41, 5.74) is 6.96. The first-order valence-electron chi connectivity index (χ1n) is 5.05. The molecule has 6 heteroatoms. The molecule has 3 N–H and O–H groups in total. The molecule has 0 saturated carbocycles. The molecule has 2 rings (SSSR count). The maximum atomic E-state index is 12.0. The number of hydrogen-bond donors (Lipinski definition) is 2. The molecule has 0 spiro atoms. The molecule has 4 nitrogen and oxygen atoms in total. The number of rotatable bonds is 2. The molecule has 1 aromatic heterocycles. The molecule has 92 valence electrons. The summed E-state index contributed by atoms with van der Waals surface area (Å²) in [7, 11) is 0. The molecule has 0 aliphatic heterocycles. The summed E-state index contributed by atoms with van der Waals surface area (Å²) in [5.74, 6) is -0.324. The van der Waals surface area contributed by atoms with Gasteiger partial charge < -0.3 is 11.1 Å². The Hall–Kier alpha value is -1.59. The van der Waals surface area contributed by atoms with Crippen LogP contribution in [0.5, 0.6) is 0 Å². The zero-order valence-corrected chi connectivity index (χ0v) is 11.5. The van der Waals surface area contributed by atoms with Crippen molar-refractivity contribution >= 4 is 44.8 Å². The van der Waals surface area contributed by atoms with E-state index in [9.17, 15) is 4.79 Å². The summed E-state index contributed by atoms with van der Waals surface area (Å²) in [4.78, 5) is 15.9. The Labute approximate surface area is 117 Å². The summed E-state index contributed by atoms with van der Waals surface area (Å²) in [6, 6.07) is 8.48. The van der Waals surface area contributed by atoms with Gasteiger partial charge in [0.15, 0.2) is 5.15 Å². The minimum atomic E-state index is -0.324. The van der Waals surface area contributed by atoms with Gasteiger partial charge in [0.2, 0.25) is 0 Å². The molecule has 1 amide bonds. The molecule has 0 unspecified atom stereocenters. The Balaban J connectivity index is 2.27. The predicted molar refractivity (Wildman–Crippen MR) is 75.8 cm³/mol. The van der Waals surface area contributed by atoms with E-state index in [1.165, 1.54) is 0 Å². The molecular weight excluding hydrogens is 318 g/mol. The highest BCUT2D eigenvalue weighted by Crippen LogP contribution is 2.24. The van der Waals surface area contributed by atoms with Gasteiger partial charge in [0.25, 0.3) is 5.91 Å². The number of halogens is 2. The van der Waals surface area contributed by atoms with Crippen molar-refractivity contribution in [1.29, 1.82) is 0 Å². The van der Waals surface area contributed by atoms with Crippen molar-refractivity contribution in [2.45, 2.75) is 0 Å². The van der Waals surface area contributed by atoms with Crippen LogP contribution in [-0.2, 0) is 0 Å². The van der Waals surface area contributed by atoms with Gasteiger partial charge in [-0.1, -0.05) is 23.7 Å². The van der Waals surface area contributed by atoms with Crippen molar-refractivity contribution in [2.75, 3.05) is 11.1 Å². The van der Waals surface area contributed by atoms with E-state index in [1.807, 2.05) is 0 Å². The topological polar surface area (TPSA) is 68.0 Å². The van der Waals surface area contributed by atoms with Crippen LogP contribution in [0.3, 0.4) is 0 Å². The van der Waals surface area contributed by atoms with Crippen molar-refractivity contribution in [3.63, 3.8) is 0 Å². The number of nitrogens with zero attached hydrogens (tertiary/aromatic N) is 1. The van der Waals surface area contributed by atoms with Gasteiger partial charge >= 0.3 is 0 Å². The quantitative estimate of drug-likeness (QED) is 0.657. The first-order valence-corrected chi connectivity index (χ1v) is 6.22. The van der Waals surface area contributed by atoms with Crippen LogP contribution in [0.4, 0.5) is 11.4 Å². The number of pyridine rings is 1. The minimum absolute atomic E-state index is 0.223. The van der Waals surface area contributed by atoms with Crippen LogP contribution in [0, 0.1) is 0 Å². The third kappa shape index (κ3) is 2.80. The van der Waals surface area contributed by atoms with Gasteiger partial charge in [0.1, 0.15) is 0 Å².